The van der Waals surface area contributed by atoms with Gasteiger partial charge in [0, 0.05) is 29.7 Å². The highest BCUT2D eigenvalue weighted by molar-refractivity contribution is 6.30. The molecule has 1 aromatic carbocycles. The second kappa shape index (κ2) is 9.64. The topological polar surface area (TPSA) is 61.4 Å². The van der Waals surface area contributed by atoms with Crippen LogP contribution in [0, 0.1) is 0 Å². The summed E-state index contributed by atoms with van der Waals surface area (Å²) in [5, 5.41) is 6.04. The second-order valence-corrected chi connectivity index (χ2v) is 6.71. The minimum atomic E-state index is -0.274. The Morgan fingerprint density at radius 2 is 1.96 bits per heavy atom. The van der Waals surface area contributed by atoms with Gasteiger partial charge in [-0.3, -0.25) is 9.59 Å². The Kier molecular flexibility index (Phi) is 7.53. The highest BCUT2D eigenvalue weighted by atomic mass is 35.5. The molecule has 1 aliphatic rings. The molecular weight excluding hydrogens is 326 g/mol. The standard InChI is InChI=1S/C18H26ClN3O2/c1-14-5-2-3-11-22(14)12-4-10-20-17(23)13-21-18(24)15-6-8-16(19)9-7-15/h6-9,14H,2-5,10-13H2,1H3,(H,20,23)(H,21,24)/t14-/m1/s1. The molecule has 1 atom stereocenters. The van der Waals surface area contributed by atoms with Gasteiger partial charge in [0.05, 0.1) is 6.54 Å². The maximum Gasteiger partial charge on any atom is 0.251 e. The summed E-state index contributed by atoms with van der Waals surface area (Å²) >= 11 is 5.78. The fourth-order valence-electron chi connectivity index (χ4n) is 2.93. The van der Waals surface area contributed by atoms with Crippen LogP contribution in [0.5, 0.6) is 0 Å². The lowest BCUT2D eigenvalue weighted by Gasteiger charge is -2.33. The van der Waals surface area contributed by atoms with E-state index in [1.165, 1.54) is 19.3 Å². The third kappa shape index (κ3) is 6.13. The van der Waals surface area contributed by atoms with E-state index in [-0.39, 0.29) is 18.4 Å². The highest BCUT2D eigenvalue weighted by Crippen LogP contribution is 2.16. The van der Waals surface area contributed by atoms with Gasteiger partial charge in [-0.25, -0.2) is 0 Å². The largest absolute Gasteiger partial charge is 0.355 e. The van der Waals surface area contributed by atoms with Gasteiger partial charge < -0.3 is 15.5 Å². The number of rotatable bonds is 7. The Labute approximate surface area is 148 Å². The van der Waals surface area contributed by atoms with Gasteiger partial charge in [-0.05, 0) is 57.0 Å². The lowest BCUT2D eigenvalue weighted by molar-refractivity contribution is -0.120. The van der Waals surface area contributed by atoms with Crippen molar-refractivity contribution in [2.75, 3.05) is 26.2 Å². The van der Waals surface area contributed by atoms with Gasteiger partial charge in [-0.2, -0.15) is 0 Å². The van der Waals surface area contributed by atoms with Crippen molar-refractivity contribution < 1.29 is 9.59 Å². The van der Waals surface area contributed by atoms with Crippen LogP contribution in [0.1, 0.15) is 43.0 Å². The van der Waals surface area contributed by atoms with Crippen molar-refractivity contribution in [1.29, 1.82) is 0 Å². The Bertz CT molecular complexity index is 548. The molecule has 2 N–H and O–H groups in total. The Morgan fingerprint density at radius 3 is 2.67 bits per heavy atom. The number of halogens is 1. The molecule has 1 fully saturated rings. The number of nitrogens with zero attached hydrogens (tertiary/aromatic N) is 1. The molecule has 0 bridgehead atoms. The summed E-state index contributed by atoms with van der Waals surface area (Å²) in [7, 11) is 0. The van der Waals surface area contributed by atoms with Crippen molar-refractivity contribution in [2.45, 2.75) is 38.6 Å². The summed E-state index contributed by atoms with van der Waals surface area (Å²) in [5.74, 6) is -0.437. The average Bonchev–Trinajstić information content (AvgIpc) is 2.58. The first-order valence-electron chi connectivity index (χ1n) is 8.61. The molecule has 1 heterocycles. The number of nitrogens with one attached hydrogen (secondary N) is 2. The summed E-state index contributed by atoms with van der Waals surface area (Å²) in [6, 6.07) is 7.22. The average molecular weight is 352 g/mol. The van der Waals surface area contributed by atoms with E-state index in [1.807, 2.05) is 0 Å². The van der Waals surface area contributed by atoms with Crippen LogP contribution in [-0.2, 0) is 4.79 Å². The molecule has 5 nitrogen and oxygen atoms in total. The summed E-state index contributed by atoms with van der Waals surface area (Å²) in [6.45, 7) is 5.06. The molecule has 132 valence electrons. The number of hydrogen-bond acceptors (Lipinski definition) is 3. The van der Waals surface area contributed by atoms with Crippen LogP contribution in [-0.4, -0.2) is 48.9 Å². The van der Waals surface area contributed by atoms with Crippen molar-refractivity contribution in [1.82, 2.24) is 15.5 Å². The van der Waals surface area contributed by atoms with Gasteiger partial charge in [0.25, 0.3) is 5.91 Å². The summed E-state index contributed by atoms with van der Waals surface area (Å²) in [6.07, 6.45) is 4.79. The van der Waals surface area contributed by atoms with E-state index in [0.29, 0.717) is 23.2 Å². The van der Waals surface area contributed by atoms with Crippen LogP contribution >= 0.6 is 11.6 Å². The predicted molar refractivity (Wildman–Crippen MR) is 96.3 cm³/mol. The van der Waals surface area contributed by atoms with E-state index < -0.39 is 0 Å². The first-order valence-corrected chi connectivity index (χ1v) is 8.98. The number of piperidine rings is 1. The van der Waals surface area contributed by atoms with E-state index in [0.717, 1.165) is 19.5 Å². The molecule has 0 spiro atoms. The molecular formula is C18H26ClN3O2. The number of carbonyl (C=O) groups is 2. The molecule has 2 amide bonds. The summed E-state index contributed by atoms with van der Waals surface area (Å²) in [4.78, 5) is 26.2. The third-order valence-electron chi connectivity index (χ3n) is 4.40. The highest BCUT2D eigenvalue weighted by Gasteiger charge is 2.17. The summed E-state index contributed by atoms with van der Waals surface area (Å²) < 4.78 is 0. The molecule has 24 heavy (non-hydrogen) atoms. The van der Waals surface area contributed by atoms with E-state index in [9.17, 15) is 9.59 Å². The van der Waals surface area contributed by atoms with Crippen molar-refractivity contribution in [3.05, 3.63) is 34.9 Å². The smallest absolute Gasteiger partial charge is 0.251 e. The van der Waals surface area contributed by atoms with Crippen LogP contribution in [0.25, 0.3) is 0 Å². The number of benzene rings is 1. The van der Waals surface area contributed by atoms with Gasteiger partial charge in [0.2, 0.25) is 5.91 Å². The molecule has 0 saturated carbocycles. The lowest BCUT2D eigenvalue weighted by Crippen LogP contribution is -2.40. The number of carbonyl (C=O) groups excluding carboxylic acids is 2. The SMILES string of the molecule is C[C@@H]1CCCCN1CCCNC(=O)CNC(=O)c1ccc(Cl)cc1. The zero-order valence-electron chi connectivity index (χ0n) is 14.2. The van der Waals surface area contributed by atoms with E-state index in [2.05, 4.69) is 22.5 Å². The minimum Gasteiger partial charge on any atom is -0.355 e. The maximum atomic E-state index is 11.9. The number of amides is 2. The van der Waals surface area contributed by atoms with Crippen molar-refractivity contribution in [3.8, 4) is 0 Å². The number of likely N-dealkylation sites (tertiary alicyclic amines) is 1. The van der Waals surface area contributed by atoms with Gasteiger partial charge >= 0.3 is 0 Å². The molecule has 0 radical (unpaired) electrons. The van der Waals surface area contributed by atoms with Crippen LogP contribution in [0.3, 0.4) is 0 Å². The monoisotopic (exact) mass is 351 g/mol. The third-order valence-corrected chi connectivity index (χ3v) is 4.65. The van der Waals surface area contributed by atoms with Gasteiger partial charge in [-0.1, -0.05) is 18.0 Å². The molecule has 0 aliphatic carbocycles. The van der Waals surface area contributed by atoms with Crippen LogP contribution < -0.4 is 10.6 Å². The van der Waals surface area contributed by atoms with E-state index >= 15 is 0 Å². The molecule has 1 aromatic rings. The Morgan fingerprint density at radius 1 is 1.21 bits per heavy atom. The van der Waals surface area contributed by atoms with Crippen LogP contribution in [0.4, 0.5) is 0 Å². The Balaban J connectivity index is 1.59. The predicted octanol–water partition coefficient (Wildman–Crippen LogP) is 2.45. The second-order valence-electron chi connectivity index (χ2n) is 6.27. The molecule has 6 heteroatoms. The fraction of sp³-hybridized carbons (Fsp3) is 0.556. The van der Waals surface area contributed by atoms with Crippen molar-refractivity contribution in [3.63, 3.8) is 0 Å². The quantitative estimate of drug-likeness (QED) is 0.742. The number of hydrogen-bond donors (Lipinski definition) is 2. The fourth-order valence-corrected chi connectivity index (χ4v) is 3.05. The summed E-state index contributed by atoms with van der Waals surface area (Å²) in [5.41, 5.74) is 0.492. The first-order chi connectivity index (χ1) is 11.6. The van der Waals surface area contributed by atoms with Gasteiger partial charge in [-0.15, -0.1) is 0 Å². The molecule has 1 aliphatic heterocycles. The van der Waals surface area contributed by atoms with Crippen LogP contribution in [0.2, 0.25) is 5.02 Å². The molecule has 1 saturated heterocycles. The molecule has 2 rings (SSSR count). The van der Waals surface area contributed by atoms with Crippen molar-refractivity contribution in [2.24, 2.45) is 0 Å². The minimum absolute atomic E-state index is 0.0123. The lowest BCUT2D eigenvalue weighted by atomic mass is 10.0. The maximum absolute atomic E-state index is 11.9. The van der Waals surface area contributed by atoms with E-state index in [1.54, 1.807) is 24.3 Å². The van der Waals surface area contributed by atoms with Gasteiger partial charge in [0.1, 0.15) is 0 Å². The molecule has 0 aromatic heterocycles. The van der Waals surface area contributed by atoms with Gasteiger partial charge in [0.15, 0.2) is 0 Å². The van der Waals surface area contributed by atoms with Crippen LogP contribution in [0.15, 0.2) is 24.3 Å². The normalized spacial score (nSPS) is 18.2. The zero-order chi connectivity index (χ0) is 17.4. The van der Waals surface area contributed by atoms with Crippen molar-refractivity contribution >= 4 is 23.4 Å². The first kappa shape index (κ1) is 18.7. The molecule has 0 unspecified atom stereocenters. The van der Waals surface area contributed by atoms with E-state index in [4.69, 9.17) is 11.6 Å². The zero-order valence-corrected chi connectivity index (χ0v) is 14.9. The Hall–Kier alpha value is -1.59.